The van der Waals surface area contributed by atoms with Gasteiger partial charge in [0.25, 0.3) is 0 Å². The molecular formula is C26H31N3O6. The number of benzene rings is 2. The van der Waals surface area contributed by atoms with E-state index in [-0.39, 0.29) is 31.4 Å². The summed E-state index contributed by atoms with van der Waals surface area (Å²) in [5.41, 5.74) is 7.21. The van der Waals surface area contributed by atoms with Crippen molar-refractivity contribution in [2.45, 2.75) is 58.0 Å². The molecule has 1 aliphatic heterocycles. The van der Waals surface area contributed by atoms with Gasteiger partial charge in [0.05, 0.1) is 13.0 Å². The summed E-state index contributed by atoms with van der Waals surface area (Å²) in [6.07, 6.45) is -1.06. The van der Waals surface area contributed by atoms with Crippen molar-refractivity contribution in [3.05, 3.63) is 65.7 Å². The molecule has 2 aromatic rings. The molecule has 2 unspecified atom stereocenters. The maximum atomic E-state index is 12.7. The third-order valence-corrected chi connectivity index (χ3v) is 5.59. The molecule has 9 heteroatoms. The number of carbonyl (C=O) groups excluding carboxylic acids is 4. The summed E-state index contributed by atoms with van der Waals surface area (Å²) in [5, 5.41) is 2.75. The highest BCUT2D eigenvalue weighted by molar-refractivity contribution is 6.40. The molecule has 0 saturated carbocycles. The van der Waals surface area contributed by atoms with Crippen LogP contribution in [0.2, 0.25) is 0 Å². The number of carbonyl (C=O) groups is 4. The van der Waals surface area contributed by atoms with E-state index in [0.29, 0.717) is 5.69 Å². The highest BCUT2D eigenvalue weighted by Gasteiger charge is 2.37. The molecule has 2 aromatic carbocycles. The standard InChI is InChI=1S/C26H31N3O6/c1-26(2,3)18-11-7-8-12-20(18)29(24(33)23(27)32)14-13-21(30)28-19-15-22(31)35-25(19)34-16-17-9-5-4-6-10-17/h4-12,19,25H,13-16H2,1-3H3,(H2,27,32)(H,28,30). The van der Waals surface area contributed by atoms with E-state index in [9.17, 15) is 19.2 Å². The Hall–Kier alpha value is -3.72. The molecule has 3 rings (SSSR count). The molecule has 1 heterocycles. The van der Waals surface area contributed by atoms with Crippen LogP contribution in [-0.4, -0.2) is 42.6 Å². The molecule has 2 atom stereocenters. The minimum atomic E-state index is -1.11. The normalized spacial score (nSPS) is 17.5. The summed E-state index contributed by atoms with van der Waals surface area (Å²) in [4.78, 5) is 50.2. The second kappa shape index (κ2) is 11.1. The van der Waals surface area contributed by atoms with E-state index < -0.39 is 36.0 Å². The van der Waals surface area contributed by atoms with Crippen LogP contribution in [0.3, 0.4) is 0 Å². The van der Waals surface area contributed by atoms with Crippen molar-refractivity contribution < 1.29 is 28.7 Å². The van der Waals surface area contributed by atoms with Gasteiger partial charge in [-0.15, -0.1) is 0 Å². The van der Waals surface area contributed by atoms with Gasteiger partial charge >= 0.3 is 17.8 Å². The lowest BCUT2D eigenvalue weighted by Gasteiger charge is -2.29. The van der Waals surface area contributed by atoms with Crippen LogP contribution in [0.15, 0.2) is 54.6 Å². The van der Waals surface area contributed by atoms with Crippen molar-refractivity contribution in [2.75, 3.05) is 11.4 Å². The second-order valence-electron chi connectivity index (χ2n) is 9.37. The number of ether oxygens (including phenoxy) is 2. The van der Waals surface area contributed by atoms with Crippen molar-refractivity contribution in [3.63, 3.8) is 0 Å². The van der Waals surface area contributed by atoms with Crippen molar-refractivity contribution in [1.82, 2.24) is 5.32 Å². The zero-order valence-electron chi connectivity index (χ0n) is 20.2. The zero-order valence-corrected chi connectivity index (χ0v) is 20.2. The third kappa shape index (κ3) is 6.89. The lowest BCUT2D eigenvalue weighted by atomic mass is 9.85. The first-order chi connectivity index (χ1) is 16.6. The van der Waals surface area contributed by atoms with E-state index in [1.165, 1.54) is 4.90 Å². The van der Waals surface area contributed by atoms with E-state index in [0.717, 1.165) is 11.1 Å². The summed E-state index contributed by atoms with van der Waals surface area (Å²) in [5.74, 6) is -2.91. The molecule has 0 bridgehead atoms. The largest absolute Gasteiger partial charge is 0.433 e. The molecule has 0 radical (unpaired) electrons. The van der Waals surface area contributed by atoms with E-state index in [1.54, 1.807) is 12.1 Å². The molecule has 0 spiro atoms. The summed E-state index contributed by atoms with van der Waals surface area (Å²) in [6, 6.07) is 15.9. The van der Waals surface area contributed by atoms with Crippen molar-refractivity contribution >= 4 is 29.4 Å². The van der Waals surface area contributed by atoms with E-state index >= 15 is 0 Å². The Balaban J connectivity index is 1.67. The Morgan fingerprint density at radius 3 is 2.40 bits per heavy atom. The quantitative estimate of drug-likeness (QED) is 0.439. The molecule has 0 aromatic heterocycles. The Morgan fingerprint density at radius 1 is 1.09 bits per heavy atom. The fraction of sp³-hybridized carbons (Fsp3) is 0.385. The van der Waals surface area contributed by atoms with Crippen LogP contribution in [0.25, 0.3) is 0 Å². The van der Waals surface area contributed by atoms with Gasteiger partial charge < -0.3 is 25.4 Å². The van der Waals surface area contributed by atoms with Gasteiger partial charge in [-0.3, -0.25) is 19.2 Å². The van der Waals surface area contributed by atoms with Gasteiger partial charge in [0, 0.05) is 18.7 Å². The lowest BCUT2D eigenvalue weighted by Crippen LogP contribution is -2.45. The minimum absolute atomic E-state index is 0.0258. The van der Waals surface area contributed by atoms with Crippen LogP contribution in [0.5, 0.6) is 0 Å². The average Bonchev–Trinajstić information content (AvgIpc) is 3.16. The fourth-order valence-electron chi connectivity index (χ4n) is 3.86. The third-order valence-electron chi connectivity index (χ3n) is 5.59. The van der Waals surface area contributed by atoms with Crippen LogP contribution in [0.4, 0.5) is 5.69 Å². The number of rotatable bonds is 8. The predicted molar refractivity (Wildman–Crippen MR) is 129 cm³/mol. The fourth-order valence-corrected chi connectivity index (χ4v) is 3.86. The SMILES string of the molecule is CC(C)(C)c1ccccc1N(CCC(=O)NC1CC(=O)OC1OCc1ccccc1)C(=O)C(N)=O. The first-order valence-corrected chi connectivity index (χ1v) is 11.4. The summed E-state index contributed by atoms with van der Waals surface area (Å²) in [6.45, 7) is 6.10. The number of nitrogens with one attached hydrogen (secondary N) is 1. The molecule has 1 saturated heterocycles. The number of esters is 1. The first-order valence-electron chi connectivity index (χ1n) is 11.4. The number of para-hydroxylation sites is 1. The number of cyclic esters (lactones) is 1. The van der Waals surface area contributed by atoms with Gasteiger partial charge in [-0.2, -0.15) is 0 Å². The van der Waals surface area contributed by atoms with Gasteiger partial charge in [-0.25, -0.2) is 0 Å². The number of nitrogens with two attached hydrogens (primary N) is 1. The molecule has 1 aliphatic rings. The molecule has 1 fully saturated rings. The average molecular weight is 482 g/mol. The zero-order chi connectivity index (χ0) is 25.6. The highest BCUT2D eigenvalue weighted by Crippen LogP contribution is 2.32. The number of nitrogens with zero attached hydrogens (tertiary/aromatic N) is 1. The van der Waals surface area contributed by atoms with Gasteiger partial charge in [0.2, 0.25) is 12.2 Å². The van der Waals surface area contributed by atoms with Crippen LogP contribution < -0.4 is 16.0 Å². The lowest BCUT2D eigenvalue weighted by molar-refractivity contribution is -0.168. The van der Waals surface area contributed by atoms with E-state index in [4.69, 9.17) is 15.2 Å². The molecule has 9 nitrogen and oxygen atoms in total. The first kappa shape index (κ1) is 25.9. The van der Waals surface area contributed by atoms with Crippen molar-refractivity contribution in [1.29, 1.82) is 0 Å². The monoisotopic (exact) mass is 481 g/mol. The predicted octanol–water partition coefficient (Wildman–Crippen LogP) is 2.17. The summed E-state index contributed by atoms with van der Waals surface area (Å²) >= 11 is 0. The topological polar surface area (TPSA) is 128 Å². The molecule has 3 amide bonds. The van der Waals surface area contributed by atoms with E-state index in [1.807, 2.05) is 63.2 Å². The maximum Gasteiger partial charge on any atom is 0.316 e. The molecule has 3 N–H and O–H groups in total. The summed E-state index contributed by atoms with van der Waals surface area (Å²) < 4.78 is 10.9. The summed E-state index contributed by atoms with van der Waals surface area (Å²) in [7, 11) is 0. The van der Waals surface area contributed by atoms with E-state index in [2.05, 4.69) is 5.32 Å². The Kier molecular flexibility index (Phi) is 8.24. The number of hydrogen-bond acceptors (Lipinski definition) is 6. The molecule has 186 valence electrons. The molecule has 0 aliphatic carbocycles. The van der Waals surface area contributed by atoms with Gasteiger partial charge in [-0.1, -0.05) is 69.3 Å². The highest BCUT2D eigenvalue weighted by atomic mass is 16.7. The van der Waals surface area contributed by atoms with Gasteiger partial charge in [0.15, 0.2) is 0 Å². The minimum Gasteiger partial charge on any atom is -0.433 e. The van der Waals surface area contributed by atoms with Crippen molar-refractivity contribution in [2.24, 2.45) is 5.73 Å². The Labute approximate surface area is 204 Å². The number of primary amides is 1. The number of anilines is 1. The van der Waals surface area contributed by atoms with Crippen LogP contribution >= 0.6 is 0 Å². The van der Waals surface area contributed by atoms with Gasteiger partial charge in [0.1, 0.15) is 6.04 Å². The van der Waals surface area contributed by atoms with Crippen LogP contribution in [0.1, 0.15) is 44.7 Å². The number of hydrogen-bond donors (Lipinski definition) is 2. The smallest absolute Gasteiger partial charge is 0.316 e. The second-order valence-corrected chi connectivity index (χ2v) is 9.37. The van der Waals surface area contributed by atoms with Crippen molar-refractivity contribution in [3.8, 4) is 0 Å². The van der Waals surface area contributed by atoms with Gasteiger partial charge in [-0.05, 0) is 22.6 Å². The molecule has 35 heavy (non-hydrogen) atoms. The Bertz CT molecular complexity index is 1080. The maximum absolute atomic E-state index is 12.7. The number of amides is 3. The van der Waals surface area contributed by atoms with Crippen LogP contribution in [0, 0.1) is 0 Å². The van der Waals surface area contributed by atoms with Crippen LogP contribution in [-0.2, 0) is 40.7 Å². The molecular weight excluding hydrogens is 450 g/mol. The Morgan fingerprint density at radius 2 is 1.74 bits per heavy atom.